The van der Waals surface area contributed by atoms with Crippen molar-refractivity contribution in [2.45, 2.75) is 44.1 Å². The van der Waals surface area contributed by atoms with Gasteiger partial charge in [-0.1, -0.05) is 24.3 Å². The van der Waals surface area contributed by atoms with Gasteiger partial charge >= 0.3 is 0 Å². The summed E-state index contributed by atoms with van der Waals surface area (Å²) in [5.74, 6) is 0.378. The van der Waals surface area contributed by atoms with Gasteiger partial charge in [-0.05, 0) is 43.2 Å². The van der Waals surface area contributed by atoms with Crippen molar-refractivity contribution in [2.24, 2.45) is 0 Å². The molecule has 2 heterocycles. The monoisotopic (exact) mass is 309 g/mol. The summed E-state index contributed by atoms with van der Waals surface area (Å²) < 4.78 is 2.15. The van der Waals surface area contributed by atoms with E-state index in [1.165, 1.54) is 11.1 Å². The van der Waals surface area contributed by atoms with Crippen molar-refractivity contribution in [2.75, 3.05) is 13.1 Å². The Morgan fingerprint density at radius 3 is 2.96 bits per heavy atom. The van der Waals surface area contributed by atoms with Gasteiger partial charge in [0.1, 0.15) is 0 Å². The van der Waals surface area contributed by atoms with Crippen molar-refractivity contribution in [1.82, 2.24) is 14.5 Å². The number of aromatic nitrogens is 2. The zero-order valence-electron chi connectivity index (χ0n) is 13.4. The normalized spacial score (nSPS) is 24.3. The molecule has 4 rings (SSSR count). The van der Waals surface area contributed by atoms with E-state index in [0.29, 0.717) is 11.9 Å². The first-order chi connectivity index (χ1) is 11.3. The molecular formula is C19H23N3O. The molecule has 1 aliphatic heterocycles. The van der Waals surface area contributed by atoms with Gasteiger partial charge in [0.15, 0.2) is 0 Å². The lowest BCUT2D eigenvalue weighted by atomic mass is 9.81. The highest BCUT2D eigenvalue weighted by atomic mass is 16.2. The summed E-state index contributed by atoms with van der Waals surface area (Å²) in [5.41, 5.74) is 2.62. The molecule has 1 aromatic heterocycles. The van der Waals surface area contributed by atoms with Gasteiger partial charge in [-0.25, -0.2) is 4.98 Å². The predicted molar refractivity (Wildman–Crippen MR) is 89.2 cm³/mol. The number of imidazole rings is 1. The molecule has 2 aliphatic rings. The molecule has 1 aliphatic carbocycles. The van der Waals surface area contributed by atoms with Crippen LogP contribution in [0.25, 0.3) is 0 Å². The summed E-state index contributed by atoms with van der Waals surface area (Å²) in [7, 11) is 0. The lowest BCUT2D eigenvalue weighted by Crippen LogP contribution is -2.43. The predicted octanol–water partition coefficient (Wildman–Crippen LogP) is 3.17. The minimum Gasteiger partial charge on any atom is -0.340 e. The number of piperidine rings is 1. The molecule has 1 aromatic carbocycles. The van der Waals surface area contributed by atoms with E-state index in [1.54, 1.807) is 0 Å². The van der Waals surface area contributed by atoms with E-state index in [9.17, 15) is 4.79 Å². The van der Waals surface area contributed by atoms with Gasteiger partial charge in [-0.2, -0.15) is 0 Å². The Balaban J connectivity index is 1.53. The van der Waals surface area contributed by atoms with Crippen LogP contribution in [0.15, 0.2) is 43.0 Å². The Bertz CT molecular complexity index is 680. The van der Waals surface area contributed by atoms with Crippen molar-refractivity contribution in [1.29, 1.82) is 0 Å². The fraction of sp³-hybridized carbons (Fsp3) is 0.474. The summed E-state index contributed by atoms with van der Waals surface area (Å²) in [6.07, 6.45) is 11.1. The smallest absolute Gasteiger partial charge is 0.230 e. The lowest BCUT2D eigenvalue weighted by Gasteiger charge is -2.36. The second kappa shape index (κ2) is 6.19. The Morgan fingerprint density at radius 2 is 2.09 bits per heavy atom. The Labute approximate surface area is 137 Å². The van der Waals surface area contributed by atoms with Gasteiger partial charge in [-0.15, -0.1) is 0 Å². The zero-order valence-corrected chi connectivity index (χ0v) is 13.4. The van der Waals surface area contributed by atoms with E-state index in [1.807, 2.05) is 18.7 Å². The van der Waals surface area contributed by atoms with Gasteiger partial charge in [-0.3, -0.25) is 4.79 Å². The molecule has 0 radical (unpaired) electrons. The van der Waals surface area contributed by atoms with Crippen molar-refractivity contribution in [3.05, 3.63) is 54.1 Å². The number of aryl methyl sites for hydroxylation is 1. The van der Waals surface area contributed by atoms with Crippen LogP contribution < -0.4 is 0 Å². The zero-order chi connectivity index (χ0) is 15.6. The van der Waals surface area contributed by atoms with Crippen LogP contribution in [0, 0.1) is 0 Å². The molecule has 0 N–H and O–H groups in total. The van der Waals surface area contributed by atoms with Gasteiger partial charge in [0.25, 0.3) is 0 Å². The molecule has 0 saturated carbocycles. The van der Waals surface area contributed by atoms with Crippen LogP contribution in [-0.2, 0) is 11.2 Å². The number of carbonyl (C=O) groups is 1. The summed E-state index contributed by atoms with van der Waals surface area (Å²) >= 11 is 0. The number of hydrogen-bond acceptors (Lipinski definition) is 2. The van der Waals surface area contributed by atoms with Crippen molar-refractivity contribution < 1.29 is 4.79 Å². The van der Waals surface area contributed by atoms with Gasteiger partial charge in [0, 0.05) is 25.5 Å². The third kappa shape index (κ3) is 2.78. The Kier molecular flexibility index (Phi) is 3.90. The lowest BCUT2D eigenvalue weighted by molar-refractivity contribution is -0.134. The second-order valence-electron chi connectivity index (χ2n) is 6.73. The number of benzene rings is 1. The number of rotatable bonds is 2. The van der Waals surface area contributed by atoms with Crippen LogP contribution in [0.1, 0.15) is 48.8 Å². The summed E-state index contributed by atoms with van der Waals surface area (Å²) in [6, 6.07) is 8.85. The summed E-state index contributed by atoms with van der Waals surface area (Å²) in [4.78, 5) is 19.4. The number of carbonyl (C=O) groups excluding carboxylic acids is 1. The van der Waals surface area contributed by atoms with E-state index in [0.717, 1.165) is 45.2 Å². The molecule has 4 nitrogen and oxygen atoms in total. The molecule has 1 fully saturated rings. The van der Waals surface area contributed by atoms with Crippen LogP contribution in [-0.4, -0.2) is 33.4 Å². The number of fused-ring (bicyclic) bond motifs is 1. The first kappa shape index (κ1) is 14.5. The number of nitrogens with zero attached hydrogens (tertiary/aromatic N) is 3. The van der Waals surface area contributed by atoms with Gasteiger partial charge in [0.2, 0.25) is 5.91 Å². The molecular weight excluding hydrogens is 286 g/mol. The first-order valence-electron chi connectivity index (χ1n) is 8.67. The van der Waals surface area contributed by atoms with Crippen molar-refractivity contribution in [3.8, 4) is 0 Å². The molecule has 1 saturated heterocycles. The maximum Gasteiger partial charge on any atom is 0.230 e. The van der Waals surface area contributed by atoms with Crippen LogP contribution in [0.4, 0.5) is 0 Å². The third-order valence-corrected chi connectivity index (χ3v) is 5.32. The summed E-state index contributed by atoms with van der Waals surface area (Å²) in [5, 5.41) is 0. The minimum atomic E-state index is 0.0569. The SMILES string of the molecule is O=C([C@@H]1CCCc2ccccc21)N1CCC[C@@H](n2ccnc2)C1. The molecule has 0 unspecified atom stereocenters. The third-order valence-electron chi connectivity index (χ3n) is 5.32. The van der Waals surface area contributed by atoms with E-state index in [2.05, 4.69) is 38.7 Å². The second-order valence-corrected chi connectivity index (χ2v) is 6.73. The highest BCUT2D eigenvalue weighted by Gasteiger charge is 2.32. The molecule has 2 atom stereocenters. The average Bonchev–Trinajstić information content (AvgIpc) is 3.15. The summed E-state index contributed by atoms with van der Waals surface area (Å²) in [6.45, 7) is 1.70. The topological polar surface area (TPSA) is 38.1 Å². The fourth-order valence-corrected chi connectivity index (χ4v) is 4.11. The molecule has 0 spiro atoms. The molecule has 0 bridgehead atoms. The Hall–Kier alpha value is -2.10. The first-order valence-corrected chi connectivity index (χ1v) is 8.67. The molecule has 120 valence electrons. The average molecular weight is 309 g/mol. The largest absolute Gasteiger partial charge is 0.340 e. The van der Waals surface area contributed by atoms with Crippen LogP contribution in [0.5, 0.6) is 0 Å². The molecule has 2 aromatic rings. The van der Waals surface area contributed by atoms with Gasteiger partial charge in [0.05, 0.1) is 18.3 Å². The van der Waals surface area contributed by atoms with E-state index in [4.69, 9.17) is 0 Å². The van der Waals surface area contributed by atoms with Crippen LogP contribution >= 0.6 is 0 Å². The minimum absolute atomic E-state index is 0.0569. The molecule has 4 heteroatoms. The highest BCUT2D eigenvalue weighted by molar-refractivity contribution is 5.84. The fourth-order valence-electron chi connectivity index (χ4n) is 4.11. The quantitative estimate of drug-likeness (QED) is 0.854. The number of hydrogen-bond donors (Lipinski definition) is 0. The van der Waals surface area contributed by atoms with E-state index >= 15 is 0 Å². The number of likely N-dealkylation sites (tertiary alicyclic amines) is 1. The highest BCUT2D eigenvalue weighted by Crippen LogP contribution is 2.34. The molecule has 23 heavy (non-hydrogen) atoms. The van der Waals surface area contributed by atoms with Crippen molar-refractivity contribution in [3.63, 3.8) is 0 Å². The van der Waals surface area contributed by atoms with E-state index < -0.39 is 0 Å². The van der Waals surface area contributed by atoms with Crippen molar-refractivity contribution >= 4 is 5.91 Å². The molecule has 1 amide bonds. The Morgan fingerprint density at radius 1 is 1.17 bits per heavy atom. The number of amides is 1. The maximum atomic E-state index is 13.1. The van der Waals surface area contributed by atoms with Crippen LogP contribution in [0.2, 0.25) is 0 Å². The maximum absolute atomic E-state index is 13.1. The van der Waals surface area contributed by atoms with Gasteiger partial charge < -0.3 is 9.47 Å². The standard InChI is InChI=1S/C19H23N3O/c23-19(18-9-3-6-15-5-1-2-8-17(15)18)21-11-4-7-16(13-21)22-12-10-20-14-22/h1-2,5,8,10,12,14,16,18H,3-4,6-7,9,11,13H2/t16-,18-/m1/s1. The van der Waals surface area contributed by atoms with Crippen LogP contribution in [0.3, 0.4) is 0 Å². The van der Waals surface area contributed by atoms with E-state index in [-0.39, 0.29) is 5.92 Å².